The van der Waals surface area contributed by atoms with Gasteiger partial charge in [-0.05, 0) is 60.7 Å². The van der Waals surface area contributed by atoms with Crippen LogP contribution >= 0.6 is 0 Å². The predicted molar refractivity (Wildman–Crippen MR) is 134 cm³/mol. The molecule has 2 saturated heterocycles. The number of nitrogens with zero attached hydrogens (tertiary/aromatic N) is 4. The average molecular weight is 496 g/mol. The van der Waals surface area contributed by atoms with E-state index in [2.05, 4.69) is 21.3 Å². The molecule has 0 unspecified atom stereocenters. The number of allylic oxidation sites excluding steroid dienone is 1. The summed E-state index contributed by atoms with van der Waals surface area (Å²) in [6.45, 7) is 6.85. The van der Waals surface area contributed by atoms with Gasteiger partial charge in [-0.15, -0.1) is 0 Å². The minimum atomic E-state index is -0.535. The van der Waals surface area contributed by atoms with Crippen LogP contribution in [0.3, 0.4) is 0 Å². The molecule has 36 heavy (non-hydrogen) atoms. The second-order valence-corrected chi connectivity index (χ2v) is 8.81. The third-order valence-electron chi connectivity index (χ3n) is 6.38. The second-order valence-electron chi connectivity index (χ2n) is 8.81. The number of carbonyl (C=O) groups is 1. The number of rotatable bonds is 6. The van der Waals surface area contributed by atoms with Crippen LogP contribution in [-0.4, -0.2) is 73.6 Å². The van der Waals surface area contributed by atoms with Crippen molar-refractivity contribution >= 4 is 17.5 Å². The predicted octanol–water partition coefficient (Wildman–Crippen LogP) is 3.48. The molecule has 0 atom stereocenters. The van der Waals surface area contributed by atoms with E-state index in [4.69, 9.17) is 14.7 Å². The number of anilines is 2. The number of ether oxygens (including phenoxy) is 2. The van der Waals surface area contributed by atoms with Crippen LogP contribution in [0.25, 0.3) is 11.1 Å². The van der Waals surface area contributed by atoms with E-state index in [0.29, 0.717) is 68.6 Å². The Balaban J connectivity index is 1.63. The van der Waals surface area contributed by atoms with Crippen molar-refractivity contribution in [2.45, 2.75) is 20.3 Å². The van der Waals surface area contributed by atoms with Gasteiger partial charge in [-0.1, -0.05) is 0 Å². The molecule has 2 N–H and O–H groups in total. The summed E-state index contributed by atoms with van der Waals surface area (Å²) in [4.78, 5) is 21.1. The van der Waals surface area contributed by atoms with Gasteiger partial charge in [-0.3, -0.25) is 0 Å². The number of pyridine rings is 1. The number of halogens is 1. The first-order valence-corrected chi connectivity index (χ1v) is 11.9. The standard InChI is InChI=1S/C26H30FN5O4/c1-17-11-22(27)23(29-26(34)32-4-3-19(16-32)18(2)15-28)14-21(17)20-12-24(31-5-8-35-9-6-31)30-25(13-20)36-10-7-33/h11-14,33H,3-10,16H2,1-2H3,(H,29,34)/b19-18-. The van der Waals surface area contributed by atoms with Gasteiger partial charge < -0.3 is 29.7 Å². The molecule has 2 amide bonds. The Morgan fingerprint density at radius 2 is 2.06 bits per heavy atom. The minimum Gasteiger partial charge on any atom is -0.475 e. The SMILES string of the molecule is C/C(C#N)=C1\CCN(C(=O)Nc2cc(-c3cc(OCCO)nc(N4CCOCC4)c3)c(C)cc2F)C1. The third kappa shape index (κ3) is 5.75. The van der Waals surface area contributed by atoms with Crippen molar-refractivity contribution in [3.8, 4) is 23.1 Å². The summed E-state index contributed by atoms with van der Waals surface area (Å²) in [5.41, 5.74) is 3.76. The van der Waals surface area contributed by atoms with E-state index < -0.39 is 11.8 Å². The lowest BCUT2D eigenvalue weighted by molar-refractivity contribution is 0.122. The van der Waals surface area contributed by atoms with Crippen molar-refractivity contribution in [1.82, 2.24) is 9.88 Å². The number of hydrogen-bond acceptors (Lipinski definition) is 7. The number of hydrogen-bond donors (Lipinski definition) is 2. The summed E-state index contributed by atoms with van der Waals surface area (Å²) in [6, 6.07) is 8.37. The van der Waals surface area contributed by atoms with Crippen molar-refractivity contribution in [2.24, 2.45) is 0 Å². The van der Waals surface area contributed by atoms with Crippen LogP contribution in [0.4, 0.5) is 20.7 Å². The van der Waals surface area contributed by atoms with Gasteiger partial charge in [0.1, 0.15) is 18.2 Å². The maximum atomic E-state index is 14.9. The number of urea groups is 1. The zero-order valence-corrected chi connectivity index (χ0v) is 20.5. The van der Waals surface area contributed by atoms with Gasteiger partial charge in [0, 0.05) is 37.8 Å². The number of likely N-dealkylation sites (tertiary alicyclic amines) is 1. The number of benzene rings is 1. The molecule has 2 aliphatic rings. The Labute approximate surface area is 209 Å². The number of aliphatic hydroxyl groups excluding tert-OH is 1. The van der Waals surface area contributed by atoms with Crippen LogP contribution in [0.5, 0.6) is 5.88 Å². The average Bonchev–Trinajstić information content (AvgIpc) is 3.39. The molecule has 4 rings (SSSR count). The molecule has 0 saturated carbocycles. The monoisotopic (exact) mass is 495 g/mol. The Morgan fingerprint density at radius 3 is 2.78 bits per heavy atom. The molecule has 0 bridgehead atoms. The quantitative estimate of drug-likeness (QED) is 0.590. The number of nitrogens with one attached hydrogen (secondary N) is 1. The van der Waals surface area contributed by atoms with E-state index >= 15 is 0 Å². The molecule has 3 heterocycles. The van der Waals surface area contributed by atoms with Gasteiger partial charge >= 0.3 is 6.03 Å². The number of nitriles is 1. The van der Waals surface area contributed by atoms with E-state index in [1.54, 1.807) is 30.9 Å². The summed E-state index contributed by atoms with van der Waals surface area (Å²) < 4.78 is 26.0. The molecule has 2 fully saturated rings. The highest BCUT2D eigenvalue weighted by atomic mass is 19.1. The topological polar surface area (TPSA) is 111 Å². The fourth-order valence-electron chi connectivity index (χ4n) is 4.32. The Morgan fingerprint density at radius 1 is 1.28 bits per heavy atom. The highest BCUT2D eigenvalue weighted by Crippen LogP contribution is 2.33. The zero-order chi connectivity index (χ0) is 25.7. The van der Waals surface area contributed by atoms with E-state index in [1.807, 2.05) is 6.07 Å². The molecular weight excluding hydrogens is 465 g/mol. The molecule has 2 aromatic rings. The fourth-order valence-corrected chi connectivity index (χ4v) is 4.32. The Hall–Kier alpha value is -3.68. The van der Waals surface area contributed by atoms with Crippen LogP contribution in [0.15, 0.2) is 35.4 Å². The van der Waals surface area contributed by atoms with Crippen LogP contribution in [-0.2, 0) is 4.74 Å². The molecule has 2 aliphatic heterocycles. The lowest BCUT2D eigenvalue weighted by Gasteiger charge is -2.28. The van der Waals surface area contributed by atoms with Gasteiger partial charge in [0.2, 0.25) is 5.88 Å². The molecule has 0 spiro atoms. The highest BCUT2D eigenvalue weighted by molar-refractivity contribution is 5.91. The third-order valence-corrected chi connectivity index (χ3v) is 6.38. The summed E-state index contributed by atoms with van der Waals surface area (Å²) >= 11 is 0. The van der Waals surface area contributed by atoms with Crippen molar-refractivity contribution in [2.75, 3.05) is 62.8 Å². The number of aromatic nitrogens is 1. The highest BCUT2D eigenvalue weighted by Gasteiger charge is 2.24. The summed E-state index contributed by atoms with van der Waals surface area (Å²) in [5, 5.41) is 21.0. The fraction of sp³-hybridized carbons (Fsp3) is 0.423. The molecule has 1 aromatic heterocycles. The lowest BCUT2D eigenvalue weighted by Crippen LogP contribution is -2.36. The largest absolute Gasteiger partial charge is 0.475 e. The molecule has 190 valence electrons. The van der Waals surface area contributed by atoms with Gasteiger partial charge in [0.05, 0.1) is 31.6 Å². The Bertz CT molecular complexity index is 1200. The normalized spacial score (nSPS) is 17.1. The van der Waals surface area contributed by atoms with Gasteiger partial charge in [-0.25, -0.2) is 9.18 Å². The maximum Gasteiger partial charge on any atom is 0.322 e. The van der Waals surface area contributed by atoms with Crippen LogP contribution in [0.2, 0.25) is 0 Å². The molecule has 9 nitrogen and oxygen atoms in total. The van der Waals surface area contributed by atoms with Crippen LogP contribution in [0.1, 0.15) is 18.9 Å². The summed E-state index contributed by atoms with van der Waals surface area (Å²) in [6.07, 6.45) is 0.631. The van der Waals surface area contributed by atoms with E-state index in [-0.39, 0.29) is 18.9 Å². The first-order chi connectivity index (χ1) is 17.4. The van der Waals surface area contributed by atoms with Gasteiger partial charge in [0.15, 0.2) is 0 Å². The van der Waals surface area contributed by atoms with E-state index in [1.165, 1.54) is 6.07 Å². The summed E-state index contributed by atoms with van der Waals surface area (Å²) in [5.74, 6) is 0.510. The van der Waals surface area contributed by atoms with E-state index in [9.17, 15) is 14.3 Å². The zero-order valence-electron chi connectivity index (χ0n) is 20.5. The van der Waals surface area contributed by atoms with Gasteiger partial charge in [-0.2, -0.15) is 10.2 Å². The molecule has 10 heteroatoms. The molecule has 0 radical (unpaired) electrons. The van der Waals surface area contributed by atoms with Crippen molar-refractivity contribution < 1.29 is 23.8 Å². The molecular formula is C26H30FN5O4. The van der Waals surface area contributed by atoms with Crippen molar-refractivity contribution in [3.05, 3.63) is 46.8 Å². The molecule has 1 aromatic carbocycles. The van der Waals surface area contributed by atoms with Crippen molar-refractivity contribution in [3.63, 3.8) is 0 Å². The number of morpholine rings is 1. The first kappa shape index (κ1) is 25.4. The summed E-state index contributed by atoms with van der Waals surface area (Å²) in [7, 11) is 0. The van der Waals surface area contributed by atoms with Crippen LogP contribution < -0.4 is 15.0 Å². The molecule has 0 aliphatic carbocycles. The minimum absolute atomic E-state index is 0.0672. The van der Waals surface area contributed by atoms with E-state index in [0.717, 1.165) is 16.7 Å². The second kappa shape index (κ2) is 11.4. The Kier molecular flexibility index (Phi) is 8.03. The lowest BCUT2D eigenvalue weighted by atomic mass is 10.00. The van der Waals surface area contributed by atoms with Crippen LogP contribution in [0, 0.1) is 24.1 Å². The smallest absolute Gasteiger partial charge is 0.322 e. The maximum absolute atomic E-state index is 14.9. The number of aryl methyl sites for hydroxylation is 1. The number of aliphatic hydroxyl groups is 1. The number of carbonyl (C=O) groups excluding carboxylic acids is 1. The van der Waals surface area contributed by atoms with Crippen molar-refractivity contribution in [1.29, 1.82) is 5.26 Å². The van der Waals surface area contributed by atoms with Gasteiger partial charge in [0.25, 0.3) is 0 Å². The first-order valence-electron chi connectivity index (χ1n) is 11.9. The number of amides is 2.